The molecule has 3 heteroatoms. The van der Waals surface area contributed by atoms with Crippen molar-refractivity contribution in [3.05, 3.63) is 24.5 Å². The Kier molecular flexibility index (Phi) is 9.05. The Hall–Kier alpha value is -1.09. The number of rotatable bonds is 11. The van der Waals surface area contributed by atoms with Crippen molar-refractivity contribution in [2.75, 3.05) is 25.6 Å². The van der Waals surface area contributed by atoms with Gasteiger partial charge in [-0.3, -0.25) is 0 Å². The predicted octanol–water partition coefficient (Wildman–Crippen LogP) is 3.76. The molecule has 0 unspecified atom stereocenters. The number of hydrogen-bond acceptors (Lipinski definition) is 2. The molecule has 114 valence electrons. The summed E-state index contributed by atoms with van der Waals surface area (Å²) < 4.78 is 7.77. The van der Waals surface area contributed by atoms with E-state index in [9.17, 15) is 0 Å². The Labute approximate surface area is 124 Å². The van der Waals surface area contributed by atoms with Gasteiger partial charge in [-0.25, -0.2) is 0 Å². The van der Waals surface area contributed by atoms with Crippen molar-refractivity contribution in [3.8, 4) is 0 Å². The summed E-state index contributed by atoms with van der Waals surface area (Å²) in [5.41, 5.74) is 1.22. The van der Waals surface area contributed by atoms with Crippen LogP contribution >= 0.6 is 0 Å². The van der Waals surface area contributed by atoms with Crippen molar-refractivity contribution in [1.82, 2.24) is 0 Å². The zero-order valence-electron chi connectivity index (χ0n) is 13.5. The summed E-state index contributed by atoms with van der Waals surface area (Å²) in [6, 6.07) is 4.22. The Morgan fingerprint density at radius 1 is 0.950 bits per heavy atom. The topological polar surface area (TPSA) is 16.4 Å². The van der Waals surface area contributed by atoms with Crippen molar-refractivity contribution in [3.63, 3.8) is 0 Å². The SMILES string of the molecule is CCCCCCCCCOC[n+]1ccc(N(C)C)cc1. The first-order valence-electron chi connectivity index (χ1n) is 7.98. The quantitative estimate of drug-likeness (QED) is 0.453. The molecule has 0 saturated heterocycles. The van der Waals surface area contributed by atoms with Gasteiger partial charge in [0.2, 0.25) is 0 Å². The molecule has 1 heterocycles. The lowest BCUT2D eigenvalue weighted by molar-refractivity contribution is -0.732. The minimum atomic E-state index is 0.656. The summed E-state index contributed by atoms with van der Waals surface area (Å²) in [4.78, 5) is 2.10. The van der Waals surface area contributed by atoms with E-state index in [1.807, 2.05) is 0 Å². The third-order valence-electron chi connectivity index (χ3n) is 3.52. The van der Waals surface area contributed by atoms with Crippen LogP contribution in [0, 0.1) is 0 Å². The van der Waals surface area contributed by atoms with Crippen LogP contribution in [0.5, 0.6) is 0 Å². The van der Waals surface area contributed by atoms with Gasteiger partial charge in [-0.2, -0.15) is 4.57 Å². The van der Waals surface area contributed by atoms with Crippen LogP contribution < -0.4 is 9.47 Å². The summed E-state index contributed by atoms with van der Waals surface area (Å²) in [6.07, 6.45) is 13.5. The highest BCUT2D eigenvalue weighted by Crippen LogP contribution is 2.07. The second-order valence-corrected chi connectivity index (χ2v) is 5.62. The van der Waals surface area contributed by atoms with Gasteiger partial charge in [-0.15, -0.1) is 0 Å². The monoisotopic (exact) mass is 279 g/mol. The molecular weight excluding hydrogens is 248 g/mol. The molecule has 0 spiro atoms. The molecule has 0 N–H and O–H groups in total. The Morgan fingerprint density at radius 3 is 2.15 bits per heavy atom. The fourth-order valence-electron chi connectivity index (χ4n) is 2.16. The maximum Gasteiger partial charge on any atom is 0.252 e. The van der Waals surface area contributed by atoms with E-state index in [2.05, 4.69) is 55.0 Å². The van der Waals surface area contributed by atoms with Gasteiger partial charge < -0.3 is 9.64 Å². The third kappa shape index (κ3) is 7.49. The van der Waals surface area contributed by atoms with Crippen LogP contribution in [0.1, 0.15) is 51.9 Å². The molecule has 1 aromatic heterocycles. The van der Waals surface area contributed by atoms with Crippen LogP contribution in [-0.4, -0.2) is 20.7 Å². The molecule has 0 radical (unpaired) electrons. The average molecular weight is 279 g/mol. The molecule has 0 aliphatic carbocycles. The maximum atomic E-state index is 5.70. The van der Waals surface area contributed by atoms with Gasteiger partial charge >= 0.3 is 0 Å². The van der Waals surface area contributed by atoms with Gasteiger partial charge in [0.25, 0.3) is 6.73 Å². The van der Waals surface area contributed by atoms with Gasteiger partial charge in [0.1, 0.15) is 0 Å². The molecule has 0 saturated carbocycles. The van der Waals surface area contributed by atoms with E-state index in [0.29, 0.717) is 6.73 Å². The van der Waals surface area contributed by atoms with E-state index < -0.39 is 0 Å². The van der Waals surface area contributed by atoms with Gasteiger partial charge in [0.15, 0.2) is 12.4 Å². The van der Waals surface area contributed by atoms with E-state index in [4.69, 9.17) is 4.74 Å². The summed E-state index contributed by atoms with van der Waals surface area (Å²) in [5, 5.41) is 0. The largest absolute Gasteiger partial charge is 0.377 e. The summed E-state index contributed by atoms with van der Waals surface area (Å²) >= 11 is 0. The lowest BCUT2D eigenvalue weighted by Crippen LogP contribution is -2.34. The number of anilines is 1. The fraction of sp³-hybridized carbons (Fsp3) is 0.706. The average Bonchev–Trinajstić information content (AvgIpc) is 2.46. The molecule has 0 fully saturated rings. The minimum absolute atomic E-state index is 0.656. The van der Waals surface area contributed by atoms with E-state index in [1.54, 1.807) is 0 Å². The van der Waals surface area contributed by atoms with Crippen molar-refractivity contribution < 1.29 is 9.30 Å². The normalized spacial score (nSPS) is 10.8. The van der Waals surface area contributed by atoms with E-state index in [-0.39, 0.29) is 0 Å². The highest BCUT2D eigenvalue weighted by atomic mass is 16.5. The molecule has 1 aromatic rings. The lowest BCUT2D eigenvalue weighted by atomic mass is 10.1. The van der Waals surface area contributed by atoms with Gasteiger partial charge in [0.05, 0.1) is 6.61 Å². The van der Waals surface area contributed by atoms with Crippen LogP contribution in [0.15, 0.2) is 24.5 Å². The van der Waals surface area contributed by atoms with Crippen LogP contribution in [0.3, 0.4) is 0 Å². The van der Waals surface area contributed by atoms with Crippen LogP contribution in [0.25, 0.3) is 0 Å². The van der Waals surface area contributed by atoms with Gasteiger partial charge in [-0.1, -0.05) is 45.4 Å². The smallest absolute Gasteiger partial charge is 0.252 e. The second kappa shape index (κ2) is 10.7. The Bertz CT molecular complexity index is 335. The molecule has 0 bridgehead atoms. The summed E-state index contributed by atoms with van der Waals surface area (Å²) in [7, 11) is 4.10. The molecule has 0 aliphatic rings. The standard InChI is InChI=1S/C17H31N2O/c1-4-5-6-7-8-9-10-15-20-16-19-13-11-17(12-14-19)18(2)3/h11-14H,4-10,15-16H2,1-3H3/q+1. The van der Waals surface area contributed by atoms with Gasteiger partial charge in [-0.05, 0) is 6.42 Å². The number of unbranched alkanes of at least 4 members (excludes halogenated alkanes) is 6. The highest BCUT2D eigenvalue weighted by molar-refractivity contribution is 5.41. The zero-order valence-corrected chi connectivity index (χ0v) is 13.5. The second-order valence-electron chi connectivity index (χ2n) is 5.62. The molecule has 0 aromatic carbocycles. The van der Waals surface area contributed by atoms with Crippen LogP contribution in [-0.2, 0) is 11.5 Å². The van der Waals surface area contributed by atoms with E-state index in [0.717, 1.165) is 6.61 Å². The van der Waals surface area contributed by atoms with Gasteiger partial charge in [0, 0.05) is 31.9 Å². The number of nitrogens with zero attached hydrogens (tertiary/aromatic N) is 2. The van der Waals surface area contributed by atoms with E-state index in [1.165, 1.54) is 50.6 Å². The summed E-state index contributed by atoms with van der Waals surface area (Å²) in [5.74, 6) is 0. The predicted molar refractivity (Wildman–Crippen MR) is 84.9 cm³/mol. The zero-order chi connectivity index (χ0) is 14.6. The first-order valence-corrected chi connectivity index (χ1v) is 7.98. The molecule has 0 aliphatic heterocycles. The molecule has 20 heavy (non-hydrogen) atoms. The number of ether oxygens (including phenoxy) is 1. The van der Waals surface area contributed by atoms with Crippen LogP contribution in [0.2, 0.25) is 0 Å². The Balaban J connectivity index is 2.01. The molecule has 0 atom stereocenters. The van der Waals surface area contributed by atoms with E-state index >= 15 is 0 Å². The molecule has 3 nitrogen and oxygen atoms in total. The first-order chi connectivity index (χ1) is 9.74. The summed E-state index contributed by atoms with van der Waals surface area (Å²) in [6.45, 7) is 3.79. The maximum absolute atomic E-state index is 5.70. The third-order valence-corrected chi connectivity index (χ3v) is 3.52. The minimum Gasteiger partial charge on any atom is -0.377 e. The first kappa shape index (κ1) is 17.0. The number of hydrogen-bond donors (Lipinski definition) is 0. The van der Waals surface area contributed by atoms with Crippen molar-refractivity contribution >= 4 is 5.69 Å². The molecule has 0 amide bonds. The van der Waals surface area contributed by atoms with Crippen molar-refractivity contribution in [1.29, 1.82) is 0 Å². The Morgan fingerprint density at radius 2 is 1.55 bits per heavy atom. The molecular formula is C17H31N2O+. The lowest BCUT2D eigenvalue weighted by Gasteiger charge is -2.10. The van der Waals surface area contributed by atoms with Crippen molar-refractivity contribution in [2.45, 2.75) is 58.6 Å². The van der Waals surface area contributed by atoms with Crippen molar-refractivity contribution in [2.24, 2.45) is 0 Å². The molecule has 1 rings (SSSR count). The number of aromatic nitrogens is 1. The van der Waals surface area contributed by atoms with Crippen LogP contribution in [0.4, 0.5) is 5.69 Å². The number of pyridine rings is 1. The highest BCUT2D eigenvalue weighted by Gasteiger charge is 2.01. The fourth-order valence-corrected chi connectivity index (χ4v) is 2.16.